The molecule has 8 heteroatoms. The van der Waals surface area contributed by atoms with Gasteiger partial charge in [-0.3, -0.25) is 19.8 Å². The first-order valence-corrected chi connectivity index (χ1v) is 7.21. The van der Waals surface area contributed by atoms with Gasteiger partial charge in [-0.25, -0.2) is 4.68 Å². The summed E-state index contributed by atoms with van der Waals surface area (Å²) in [4.78, 5) is 25.8. The van der Waals surface area contributed by atoms with E-state index in [0.29, 0.717) is 11.1 Å². The highest BCUT2D eigenvalue weighted by molar-refractivity contribution is 7.80. The SMILES string of the molecule is C=CCN1C(=O)C(=Cc2ccc3c(c2)nnn3C)C(=O)NC1=S. The molecule has 0 unspecified atom stereocenters. The summed E-state index contributed by atoms with van der Waals surface area (Å²) in [6, 6.07) is 5.39. The predicted octanol–water partition coefficient (Wildman–Crippen LogP) is 0.781. The molecule has 2 heterocycles. The van der Waals surface area contributed by atoms with Crippen LogP contribution in [0.1, 0.15) is 5.56 Å². The molecule has 1 fully saturated rings. The second kappa shape index (κ2) is 5.73. The topological polar surface area (TPSA) is 80.1 Å². The van der Waals surface area contributed by atoms with Gasteiger partial charge in [-0.2, -0.15) is 0 Å². The second-order valence-electron chi connectivity index (χ2n) is 4.98. The number of benzene rings is 1. The summed E-state index contributed by atoms with van der Waals surface area (Å²) >= 11 is 5.01. The molecule has 1 aliphatic heterocycles. The number of hydrogen-bond donors (Lipinski definition) is 1. The Morgan fingerprint density at radius 1 is 1.39 bits per heavy atom. The zero-order valence-electron chi connectivity index (χ0n) is 12.3. The standard InChI is InChI=1S/C15H13N5O2S/c1-3-6-20-14(22)10(13(21)16-15(20)23)7-9-4-5-12-11(8-9)17-18-19(12)2/h3-5,7-8H,1,6H2,2H3,(H,16,21,23). The Balaban J connectivity index is 2.01. The van der Waals surface area contributed by atoms with Crippen molar-refractivity contribution in [1.82, 2.24) is 25.2 Å². The van der Waals surface area contributed by atoms with E-state index in [-0.39, 0.29) is 17.2 Å². The minimum atomic E-state index is -0.514. The molecule has 1 aromatic carbocycles. The number of thiocarbonyl (C=S) groups is 1. The first kappa shape index (κ1) is 15.0. The number of nitrogens with one attached hydrogen (secondary N) is 1. The fraction of sp³-hybridized carbons (Fsp3) is 0.133. The van der Waals surface area contributed by atoms with Crippen LogP contribution >= 0.6 is 12.2 Å². The van der Waals surface area contributed by atoms with Crippen LogP contribution in [-0.2, 0) is 16.6 Å². The van der Waals surface area contributed by atoms with Crippen LogP contribution < -0.4 is 5.32 Å². The molecule has 23 heavy (non-hydrogen) atoms. The van der Waals surface area contributed by atoms with Crippen molar-refractivity contribution in [2.24, 2.45) is 7.05 Å². The Bertz CT molecular complexity index is 883. The largest absolute Gasteiger partial charge is 0.298 e. The smallest absolute Gasteiger partial charge is 0.265 e. The van der Waals surface area contributed by atoms with Crippen molar-refractivity contribution in [1.29, 1.82) is 0 Å². The monoisotopic (exact) mass is 327 g/mol. The third kappa shape index (κ3) is 2.64. The van der Waals surface area contributed by atoms with Crippen LogP contribution in [0.4, 0.5) is 0 Å². The molecule has 1 aromatic heterocycles. The fourth-order valence-corrected chi connectivity index (χ4v) is 2.55. The Kier molecular flexibility index (Phi) is 3.75. The van der Waals surface area contributed by atoms with Crippen LogP contribution in [0, 0.1) is 0 Å². The number of rotatable bonds is 3. The average molecular weight is 327 g/mol. The lowest BCUT2D eigenvalue weighted by molar-refractivity contribution is -0.128. The van der Waals surface area contributed by atoms with E-state index in [2.05, 4.69) is 22.2 Å². The van der Waals surface area contributed by atoms with Crippen molar-refractivity contribution in [2.75, 3.05) is 6.54 Å². The van der Waals surface area contributed by atoms with Crippen LogP contribution in [-0.4, -0.2) is 43.4 Å². The number of hydrogen-bond acceptors (Lipinski definition) is 5. The van der Waals surface area contributed by atoms with E-state index in [9.17, 15) is 9.59 Å². The fourth-order valence-electron chi connectivity index (χ4n) is 2.30. The maximum Gasteiger partial charge on any atom is 0.265 e. The third-order valence-corrected chi connectivity index (χ3v) is 3.77. The van der Waals surface area contributed by atoms with E-state index in [0.717, 1.165) is 5.52 Å². The third-order valence-electron chi connectivity index (χ3n) is 3.44. The molecule has 0 saturated carbocycles. The quantitative estimate of drug-likeness (QED) is 0.390. The lowest BCUT2D eigenvalue weighted by Gasteiger charge is -2.27. The summed E-state index contributed by atoms with van der Waals surface area (Å²) < 4.78 is 1.65. The maximum absolute atomic E-state index is 12.4. The van der Waals surface area contributed by atoms with Gasteiger partial charge in [0, 0.05) is 13.6 Å². The minimum absolute atomic E-state index is 0.0173. The number of nitrogens with zero attached hydrogens (tertiary/aromatic N) is 4. The molecule has 1 saturated heterocycles. The van der Waals surface area contributed by atoms with Crippen molar-refractivity contribution >= 4 is 46.3 Å². The normalized spacial score (nSPS) is 17.0. The van der Waals surface area contributed by atoms with Crippen LogP contribution in [0.2, 0.25) is 0 Å². The van der Waals surface area contributed by atoms with Crippen molar-refractivity contribution in [3.63, 3.8) is 0 Å². The Labute approximate surface area is 137 Å². The molecular weight excluding hydrogens is 314 g/mol. The van der Waals surface area contributed by atoms with Gasteiger partial charge in [-0.1, -0.05) is 17.4 Å². The minimum Gasteiger partial charge on any atom is -0.298 e. The highest BCUT2D eigenvalue weighted by Gasteiger charge is 2.32. The van der Waals surface area contributed by atoms with E-state index >= 15 is 0 Å². The molecule has 0 atom stereocenters. The van der Waals surface area contributed by atoms with E-state index in [1.165, 1.54) is 11.0 Å². The number of aryl methyl sites for hydroxylation is 1. The Hall–Kier alpha value is -2.87. The zero-order valence-corrected chi connectivity index (χ0v) is 13.1. The summed E-state index contributed by atoms with van der Waals surface area (Å²) in [6.45, 7) is 3.82. The van der Waals surface area contributed by atoms with Crippen LogP contribution in [0.5, 0.6) is 0 Å². The average Bonchev–Trinajstić information content (AvgIpc) is 2.89. The zero-order chi connectivity index (χ0) is 16.6. The molecule has 0 aliphatic carbocycles. The number of amides is 2. The van der Waals surface area contributed by atoms with Crippen LogP contribution in [0.25, 0.3) is 17.1 Å². The molecule has 7 nitrogen and oxygen atoms in total. The number of fused-ring (bicyclic) bond motifs is 1. The number of aromatic nitrogens is 3. The van der Waals surface area contributed by atoms with Gasteiger partial charge in [-0.15, -0.1) is 11.7 Å². The molecule has 0 bridgehead atoms. The van der Waals surface area contributed by atoms with Gasteiger partial charge in [0.2, 0.25) is 0 Å². The molecule has 2 aromatic rings. The molecule has 1 aliphatic rings. The highest BCUT2D eigenvalue weighted by Crippen LogP contribution is 2.18. The van der Waals surface area contributed by atoms with Crippen molar-refractivity contribution < 1.29 is 9.59 Å². The Morgan fingerprint density at radius 2 is 2.17 bits per heavy atom. The Morgan fingerprint density at radius 3 is 2.91 bits per heavy atom. The number of carbonyl (C=O) groups excluding carboxylic acids is 2. The molecule has 0 radical (unpaired) electrons. The molecule has 1 N–H and O–H groups in total. The molecule has 3 rings (SSSR count). The molecule has 2 amide bonds. The van der Waals surface area contributed by atoms with Gasteiger partial charge < -0.3 is 0 Å². The second-order valence-corrected chi connectivity index (χ2v) is 5.37. The van der Waals surface area contributed by atoms with Crippen LogP contribution in [0.3, 0.4) is 0 Å². The van der Waals surface area contributed by atoms with E-state index < -0.39 is 11.8 Å². The van der Waals surface area contributed by atoms with Crippen molar-refractivity contribution in [3.8, 4) is 0 Å². The first-order valence-electron chi connectivity index (χ1n) is 6.80. The van der Waals surface area contributed by atoms with Gasteiger partial charge in [0.25, 0.3) is 11.8 Å². The first-order chi connectivity index (χ1) is 11.0. The van der Waals surface area contributed by atoms with Gasteiger partial charge in [0.15, 0.2) is 5.11 Å². The lowest BCUT2D eigenvalue weighted by Crippen LogP contribution is -2.53. The van der Waals surface area contributed by atoms with Crippen molar-refractivity contribution in [2.45, 2.75) is 0 Å². The molecular formula is C15H13N5O2S. The lowest BCUT2D eigenvalue weighted by atomic mass is 10.1. The summed E-state index contributed by atoms with van der Waals surface area (Å²) in [7, 11) is 1.79. The summed E-state index contributed by atoms with van der Waals surface area (Å²) in [5.41, 5.74) is 2.25. The molecule has 0 spiro atoms. The highest BCUT2D eigenvalue weighted by atomic mass is 32.1. The van der Waals surface area contributed by atoms with Gasteiger partial charge in [0.1, 0.15) is 11.1 Å². The predicted molar refractivity (Wildman–Crippen MR) is 89.1 cm³/mol. The van der Waals surface area contributed by atoms with Gasteiger partial charge in [-0.05, 0) is 36.0 Å². The molecule has 116 valence electrons. The van der Waals surface area contributed by atoms with Crippen molar-refractivity contribution in [3.05, 3.63) is 42.0 Å². The van der Waals surface area contributed by atoms with Gasteiger partial charge in [0.05, 0.1) is 5.52 Å². The van der Waals surface area contributed by atoms with Gasteiger partial charge >= 0.3 is 0 Å². The van der Waals surface area contributed by atoms with Crippen LogP contribution in [0.15, 0.2) is 36.4 Å². The summed E-state index contributed by atoms with van der Waals surface area (Å²) in [5.74, 6) is -0.961. The maximum atomic E-state index is 12.4. The number of carbonyl (C=O) groups is 2. The van der Waals surface area contributed by atoms with E-state index in [1.807, 2.05) is 6.07 Å². The summed E-state index contributed by atoms with van der Waals surface area (Å²) in [5, 5.41) is 10.5. The van der Waals surface area contributed by atoms with E-state index in [4.69, 9.17) is 12.2 Å². The van der Waals surface area contributed by atoms with E-state index in [1.54, 1.807) is 29.9 Å². The summed E-state index contributed by atoms with van der Waals surface area (Å²) in [6.07, 6.45) is 3.06.